The van der Waals surface area contributed by atoms with Crippen LogP contribution >= 0.6 is 11.6 Å². The third kappa shape index (κ3) is 2.35. The van der Waals surface area contributed by atoms with E-state index >= 15 is 0 Å². The lowest BCUT2D eigenvalue weighted by Gasteiger charge is -2.15. The first kappa shape index (κ1) is 12.9. The van der Waals surface area contributed by atoms with Crippen LogP contribution in [0.5, 0.6) is 0 Å². The Morgan fingerprint density at radius 3 is 2.72 bits per heavy atom. The molecule has 0 amide bonds. The zero-order chi connectivity index (χ0) is 13.3. The highest BCUT2D eigenvalue weighted by Gasteiger charge is 2.33. The van der Waals surface area contributed by atoms with Crippen molar-refractivity contribution >= 4 is 23.3 Å². The molecule has 1 aliphatic heterocycles. The van der Waals surface area contributed by atoms with Crippen molar-refractivity contribution in [1.82, 2.24) is 0 Å². The van der Waals surface area contributed by atoms with Gasteiger partial charge in [-0.2, -0.15) is 0 Å². The number of cyclic esters (lactones) is 1. The summed E-state index contributed by atoms with van der Waals surface area (Å²) in [6, 6.07) is 5.94. The number of benzene rings is 1. The summed E-state index contributed by atoms with van der Waals surface area (Å²) in [6.45, 7) is 3.99. The van der Waals surface area contributed by atoms with Crippen molar-refractivity contribution in [1.29, 1.82) is 0 Å². The van der Waals surface area contributed by atoms with Gasteiger partial charge in [0.15, 0.2) is 5.03 Å². The molecule has 0 aliphatic carbocycles. The molecule has 2 rings (SSSR count). The van der Waals surface area contributed by atoms with E-state index < -0.39 is 12.3 Å². The summed E-state index contributed by atoms with van der Waals surface area (Å²) in [4.78, 5) is 11.4. The van der Waals surface area contributed by atoms with Crippen LogP contribution in [0.1, 0.15) is 11.1 Å². The van der Waals surface area contributed by atoms with Crippen LogP contribution in [-0.2, 0) is 14.3 Å². The van der Waals surface area contributed by atoms with E-state index in [2.05, 4.69) is 5.32 Å². The fourth-order valence-electron chi connectivity index (χ4n) is 1.80. The largest absolute Gasteiger partial charge is 0.425 e. The predicted molar refractivity (Wildman–Crippen MR) is 69.3 cm³/mol. The fourth-order valence-corrected chi connectivity index (χ4v) is 1.98. The standard InChI is InChI=1S/C13H14ClNO3/c1-7-4-5-9(8(2)6-7)15-11-10(14)12(16)18-13(11)17-3/h4-6,13,15H,1-3H3. The number of halogens is 1. The van der Waals surface area contributed by atoms with E-state index in [1.807, 2.05) is 32.0 Å². The number of rotatable bonds is 3. The molecular weight excluding hydrogens is 254 g/mol. The second-order valence-electron chi connectivity index (χ2n) is 4.14. The molecule has 0 saturated heterocycles. The number of hydrogen-bond donors (Lipinski definition) is 1. The Hall–Kier alpha value is -1.52. The van der Waals surface area contributed by atoms with Gasteiger partial charge in [-0.1, -0.05) is 29.3 Å². The van der Waals surface area contributed by atoms with Crippen molar-refractivity contribution in [3.63, 3.8) is 0 Å². The molecule has 1 aliphatic rings. The molecule has 96 valence electrons. The summed E-state index contributed by atoms with van der Waals surface area (Å²) in [6.07, 6.45) is -0.772. The van der Waals surface area contributed by atoms with Crippen LogP contribution < -0.4 is 5.32 Å². The molecule has 4 nitrogen and oxygen atoms in total. The molecule has 0 spiro atoms. The number of hydrogen-bond acceptors (Lipinski definition) is 4. The van der Waals surface area contributed by atoms with Gasteiger partial charge in [-0.3, -0.25) is 0 Å². The van der Waals surface area contributed by atoms with Gasteiger partial charge in [-0.15, -0.1) is 0 Å². The second-order valence-corrected chi connectivity index (χ2v) is 4.52. The highest BCUT2D eigenvalue weighted by Crippen LogP contribution is 2.28. The second kappa shape index (κ2) is 5.00. The van der Waals surface area contributed by atoms with Gasteiger partial charge in [-0.05, 0) is 25.5 Å². The van der Waals surface area contributed by atoms with Gasteiger partial charge in [0.25, 0.3) is 0 Å². The van der Waals surface area contributed by atoms with Crippen molar-refractivity contribution in [3.05, 3.63) is 40.1 Å². The van der Waals surface area contributed by atoms with Crippen molar-refractivity contribution < 1.29 is 14.3 Å². The SMILES string of the molecule is COC1OC(=O)C(Cl)=C1Nc1ccc(C)cc1C. The topological polar surface area (TPSA) is 47.6 Å². The maximum absolute atomic E-state index is 11.4. The summed E-state index contributed by atoms with van der Waals surface area (Å²) in [7, 11) is 1.46. The molecule has 0 saturated carbocycles. The monoisotopic (exact) mass is 267 g/mol. The Balaban J connectivity index is 2.30. The van der Waals surface area contributed by atoms with Crippen LogP contribution in [0.2, 0.25) is 0 Å². The zero-order valence-corrected chi connectivity index (χ0v) is 11.2. The van der Waals surface area contributed by atoms with Crippen LogP contribution in [0.4, 0.5) is 5.69 Å². The van der Waals surface area contributed by atoms with Crippen molar-refractivity contribution in [2.75, 3.05) is 12.4 Å². The van der Waals surface area contributed by atoms with Gasteiger partial charge in [0.05, 0.1) is 0 Å². The first-order valence-electron chi connectivity index (χ1n) is 5.50. The lowest BCUT2D eigenvalue weighted by atomic mass is 10.1. The number of carbonyl (C=O) groups excluding carboxylic acids is 1. The number of nitrogens with one attached hydrogen (secondary N) is 1. The van der Waals surface area contributed by atoms with Crippen LogP contribution in [0.3, 0.4) is 0 Å². The number of anilines is 1. The summed E-state index contributed by atoms with van der Waals surface area (Å²) in [5, 5.41) is 3.12. The number of methoxy groups -OCH3 is 1. The number of carbonyl (C=O) groups is 1. The van der Waals surface area contributed by atoms with E-state index in [0.29, 0.717) is 5.70 Å². The van der Waals surface area contributed by atoms with Gasteiger partial charge >= 0.3 is 5.97 Å². The molecule has 1 aromatic rings. The molecule has 18 heavy (non-hydrogen) atoms. The van der Waals surface area contributed by atoms with E-state index in [1.54, 1.807) is 0 Å². The summed E-state index contributed by atoms with van der Waals surface area (Å²) in [5.41, 5.74) is 3.53. The lowest BCUT2D eigenvalue weighted by molar-refractivity contribution is -0.155. The average molecular weight is 268 g/mol. The van der Waals surface area contributed by atoms with Gasteiger partial charge in [-0.25, -0.2) is 4.79 Å². The minimum Gasteiger partial charge on any atom is -0.425 e. The van der Waals surface area contributed by atoms with E-state index in [-0.39, 0.29) is 5.03 Å². The molecule has 0 radical (unpaired) electrons. The van der Waals surface area contributed by atoms with Gasteiger partial charge in [0, 0.05) is 12.8 Å². The minimum absolute atomic E-state index is 0.0295. The molecule has 1 N–H and O–H groups in total. The molecule has 1 atom stereocenters. The normalized spacial score (nSPS) is 19.1. The Morgan fingerprint density at radius 1 is 1.39 bits per heavy atom. The molecule has 0 aromatic heterocycles. The molecule has 1 heterocycles. The van der Waals surface area contributed by atoms with E-state index in [4.69, 9.17) is 21.1 Å². The van der Waals surface area contributed by atoms with Crippen LogP contribution in [0.15, 0.2) is 28.9 Å². The zero-order valence-electron chi connectivity index (χ0n) is 10.4. The van der Waals surface area contributed by atoms with Crippen molar-refractivity contribution in [2.24, 2.45) is 0 Å². The third-order valence-corrected chi connectivity index (χ3v) is 3.09. The first-order chi connectivity index (χ1) is 8.52. The molecule has 1 unspecified atom stereocenters. The van der Waals surface area contributed by atoms with Crippen LogP contribution in [0.25, 0.3) is 0 Å². The maximum Gasteiger partial charge on any atom is 0.354 e. The Labute approximate surface area is 111 Å². The predicted octanol–water partition coefficient (Wildman–Crippen LogP) is 2.70. The summed E-state index contributed by atoms with van der Waals surface area (Å²) >= 11 is 5.90. The van der Waals surface area contributed by atoms with E-state index in [9.17, 15) is 4.79 Å². The minimum atomic E-state index is -0.772. The molecular formula is C13H14ClNO3. The average Bonchev–Trinajstić information content (AvgIpc) is 2.60. The smallest absolute Gasteiger partial charge is 0.354 e. The number of ether oxygens (including phenoxy) is 2. The highest BCUT2D eigenvalue weighted by atomic mass is 35.5. The number of esters is 1. The maximum atomic E-state index is 11.4. The number of aryl methyl sites for hydroxylation is 2. The van der Waals surface area contributed by atoms with Crippen molar-refractivity contribution in [2.45, 2.75) is 20.1 Å². The van der Waals surface area contributed by atoms with E-state index in [1.165, 1.54) is 12.7 Å². The van der Waals surface area contributed by atoms with Gasteiger partial charge in [0.2, 0.25) is 6.29 Å². The Kier molecular flexibility index (Phi) is 3.59. The van der Waals surface area contributed by atoms with E-state index in [0.717, 1.165) is 11.3 Å². The molecule has 1 aromatic carbocycles. The fraction of sp³-hybridized carbons (Fsp3) is 0.308. The van der Waals surface area contributed by atoms with Crippen molar-refractivity contribution in [3.8, 4) is 0 Å². The Bertz CT molecular complexity index is 525. The Morgan fingerprint density at radius 2 is 2.11 bits per heavy atom. The quantitative estimate of drug-likeness (QED) is 0.856. The molecule has 0 fully saturated rings. The first-order valence-corrected chi connectivity index (χ1v) is 5.88. The lowest BCUT2D eigenvalue weighted by Crippen LogP contribution is -2.18. The highest BCUT2D eigenvalue weighted by molar-refractivity contribution is 6.42. The summed E-state index contributed by atoms with van der Waals surface area (Å²) in [5.74, 6) is -0.573. The molecule has 0 bridgehead atoms. The van der Waals surface area contributed by atoms with Gasteiger partial charge in [0.1, 0.15) is 5.70 Å². The third-order valence-electron chi connectivity index (χ3n) is 2.73. The molecule has 5 heteroatoms. The van der Waals surface area contributed by atoms with Crippen LogP contribution in [0, 0.1) is 13.8 Å². The van der Waals surface area contributed by atoms with Crippen LogP contribution in [-0.4, -0.2) is 19.4 Å². The summed E-state index contributed by atoms with van der Waals surface area (Å²) < 4.78 is 9.99. The van der Waals surface area contributed by atoms with Gasteiger partial charge < -0.3 is 14.8 Å².